The largest absolute Gasteiger partial charge is 0.492 e. The number of hydrogen-bond donors (Lipinski definition) is 0. The van der Waals surface area contributed by atoms with Crippen molar-refractivity contribution in [2.24, 2.45) is 0 Å². The van der Waals surface area contributed by atoms with E-state index in [-0.39, 0.29) is 5.97 Å². The Morgan fingerprint density at radius 2 is 1.94 bits per heavy atom. The molecule has 0 saturated carbocycles. The molecular weight excluding hydrogens is 284 g/mol. The number of para-hydroxylation sites is 1. The first-order valence-corrected chi connectivity index (χ1v) is 6.57. The van der Waals surface area contributed by atoms with Crippen LogP contribution in [0.5, 0.6) is 5.75 Å². The predicted octanol–water partition coefficient (Wildman–Crippen LogP) is 3.42. The van der Waals surface area contributed by atoms with E-state index < -0.39 is 5.60 Å². The van der Waals surface area contributed by atoms with Crippen molar-refractivity contribution in [1.82, 2.24) is 0 Å². The maximum atomic E-state index is 11.9. The fourth-order valence-electron chi connectivity index (χ4n) is 1.24. The highest BCUT2D eigenvalue weighted by molar-refractivity contribution is 9.09. The monoisotopic (exact) mass is 300 g/mol. The lowest BCUT2D eigenvalue weighted by Crippen LogP contribution is -2.24. The quantitative estimate of drug-likeness (QED) is 0.631. The molecule has 1 aromatic rings. The van der Waals surface area contributed by atoms with Gasteiger partial charge in [-0.2, -0.15) is 0 Å². The second kappa shape index (κ2) is 6.05. The number of alkyl halides is 1. The van der Waals surface area contributed by atoms with E-state index in [2.05, 4.69) is 15.9 Å². The third-order valence-corrected chi connectivity index (χ3v) is 2.16. The number of benzene rings is 1. The van der Waals surface area contributed by atoms with Gasteiger partial charge in [0.05, 0.1) is 6.61 Å². The molecule has 0 saturated heterocycles. The smallest absolute Gasteiger partial charge is 0.342 e. The van der Waals surface area contributed by atoms with E-state index in [1.54, 1.807) is 18.2 Å². The Bertz CT molecular complexity index is 382. The molecule has 0 N–H and O–H groups in total. The van der Waals surface area contributed by atoms with Gasteiger partial charge in [-0.25, -0.2) is 4.79 Å². The number of esters is 1. The molecule has 3 nitrogen and oxygen atoms in total. The van der Waals surface area contributed by atoms with Gasteiger partial charge >= 0.3 is 5.97 Å². The molecule has 0 radical (unpaired) electrons. The summed E-state index contributed by atoms with van der Waals surface area (Å²) in [6.07, 6.45) is 0. The molecule has 0 aliphatic rings. The van der Waals surface area contributed by atoms with Gasteiger partial charge in [-0.05, 0) is 32.9 Å². The number of ether oxygens (including phenoxy) is 2. The minimum absolute atomic E-state index is 0.359. The molecule has 0 bridgehead atoms. The molecule has 0 fully saturated rings. The third kappa shape index (κ3) is 4.77. The van der Waals surface area contributed by atoms with Crippen molar-refractivity contribution in [3.8, 4) is 5.75 Å². The summed E-state index contributed by atoms with van der Waals surface area (Å²) < 4.78 is 10.8. The normalized spacial score (nSPS) is 11.1. The maximum Gasteiger partial charge on any atom is 0.342 e. The van der Waals surface area contributed by atoms with Crippen LogP contribution in [0.25, 0.3) is 0 Å². The van der Waals surface area contributed by atoms with Gasteiger partial charge in [-0.1, -0.05) is 28.1 Å². The highest BCUT2D eigenvalue weighted by Crippen LogP contribution is 2.21. The summed E-state index contributed by atoms with van der Waals surface area (Å²) in [5.41, 5.74) is -0.0389. The Morgan fingerprint density at radius 1 is 1.29 bits per heavy atom. The van der Waals surface area contributed by atoms with Crippen LogP contribution in [0.4, 0.5) is 0 Å². The second-order valence-electron chi connectivity index (χ2n) is 4.54. The van der Waals surface area contributed by atoms with Crippen LogP contribution < -0.4 is 4.74 Å². The van der Waals surface area contributed by atoms with Crippen molar-refractivity contribution < 1.29 is 14.3 Å². The SMILES string of the molecule is CC(C)(C)OC(=O)c1ccccc1OCCBr. The number of carbonyl (C=O) groups excluding carboxylic acids is 1. The molecule has 1 aromatic carbocycles. The Morgan fingerprint density at radius 3 is 2.53 bits per heavy atom. The van der Waals surface area contributed by atoms with Gasteiger partial charge in [-0.15, -0.1) is 0 Å². The molecule has 4 heteroatoms. The lowest BCUT2D eigenvalue weighted by Gasteiger charge is -2.20. The number of carbonyl (C=O) groups is 1. The van der Waals surface area contributed by atoms with Crippen LogP contribution >= 0.6 is 15.9 Å². The summed E-state index contributed by atoms with van der Waals surface area (Å²) in [6.45, 7) is 6.03. The number of rotatable bonds is 4. The lowest BCUT2D eigenvalue weighted by atomic mass is 10.1. The van der Waals surface area contributed by atoms with E-state index in [0.29, 0.717) is 17.9 Å². The molecule has 17 heavy (non-hydrogen) atoms. The summed E-state index contributed by atoms with van der Waals surface area (Å²) in [6, 6.07) is 7.09. The molecule has 0 atom stereocenters. The zero-order valence-corrected chi connectivity index (χ0v) is 11.9. The molecule has 94 valence electrons. The topological polar surface area (TPSA) is 35.5 Å². The molecule has 0 aliphatic heterocycles. The standard InChI is InChI=1S/C13H17BrO3/c1-13(2,3)17-12(15)10-6-4-5-7-11(10)16-9-8-14/h4-7H,8-9H2,1-3H3. The first-order valence-electron chi connectivity index (χ1n) is 5.45. The molecule has 0 unspecified atom stereocenters. The zero-order valence-electron chi connectivity index (χ0n) is 10.3. The average Bonchev–Trinajstić information content (AvgIpc) is 2.24. The minimum atomic E-state index is -0.500. The molecule has 0 aromatic heterocycles. The Hall–Kier alpha value is -1.03. The van der Waals surface area contributed by atoms with E-state index in [1.807, 2.05) is 26.8 Å². The van der Waals surface area contributed by atoms with Crippen LogP contribution in [-0.2, 0) is 4.74 Å². The summed E-state index contributed by atoms with van der Waals surface area (Å²) in [7, 11) is 0. The molecule has 0 heterocycles. The van der Waals surface area contributed by atoms with E-state index in [1.165, 1.54) is 0 Å². The molecule has 0 amide bonds. The van der Waals surface area contributed by atoms with Crippen LogP contribution in [0.15, 0.2) is 24.3 Å². The summed E-state index contributed by atoms with van der Waals surface area (Å²) in [5.74, 6) is 0.198. The number of halogens is 1. The zero-order chi connectivity index (χ0) is 12.9. The molecule has 0 spiro atoms. The van der Waals surface area contributed by atoms with Crippen LogP contribution in [0.1, 0.15) is 31.1 Å². The average molecular weight is 301 g/mol. The van der Waals surface area contributed by atoms with Crippen molar-refractivity contribution in [3.63, 3.8) is 0 Å². The van der Waals surface area contributed by atoms with E-state index in [0.717, 1.165) is 5.33 Å². The summed E-state index contributed by atoms with van der Waals surface area (Å²) in [4.78, 5) is 11.9. The van der Waals surface area contributed by atoms with Gasteiger partial charge in [-0.3, -0.25) is 0 Å². The third-order valence-electron chi connectivity index (χ3n) is 1.84. The highest BCUT2D eigenvalue weighted by Gasteiger charge is 2.20. The van der Waals surface area contributed by atoms with E-state index >= 15 is 0 Å². The van der Waals surface area contributed by atoms with E-state index in [4.69, 9.17) is 9.47 Å². The van der Waals surface area contributed by atoms with Crippen LogP contribution in [0.3, 0.4) is 0 Å². The Balaban J connectivity index is 2.85. The van der Waals surface area contributed by atoms with Crippen LogP contribution in [-0.4, -0.2) is 23.5 Å². The summed E-state index contributed by atoms with van der Waals surface area (Å²) in [5, 5.41) is 0.718. The molecule has 1 rings (SSSR count). The summed E-state index contributed by atoms with van der Waals surface area (Å²) >= 11 is 3.28. The number of hydrogen-bond acceptors (Lipinski definition) is 3. The van der Waals surface area contributed by atoms with Crippen LogP contribution in [0, 0.1) is 0 Å². The van der Waals surface area contributed by atoms with Crippen molar-refractivity contribution in [1.29, 1.82) is 0 Å². The van der Waals surface area contributed by atoms with Gasteiger partial charge in [0.2, 0.25) is 0 Å². The van der Waals surface area contributed by atoms with Gasteiger partial charge in [0.25, 0.3) is 0 Å². The molecular formula is C13H17BrO3. The van der Waals surface area contributed by atoms with Crippen molar-refractivity contribution in [3.05, 3.63) is 29.8 Å². The van der Waals surface area contributed by atoms with Gasteiger partial charge < -0.3 is 9.47 Å². The first kappa shape index (κ1) is 14.0. The van der Waals surface area contributed by atoms with Crippen LogP contribution in [0.2, 0.25) is 0 Å². The Kier molecular flexibility index (Phi) is 5.00. The molecule has 0 aliphatic carbocycles. The van der Waals surface area contributed by atoms with Crippen molar-refractivity contribution >= 4 is 21.9 Å². The van der Waals surface area contributed by atoms with Crippen molar-refractivity contribution in [2.75, 3.05) is 11.9 Å². The van der Waals surface area contributed by atoms with Gasteiger partial charge in [0, 0.05) is 5.33 Å². The van der Waals surface area contributed by atoms with Gasteiger partial charge in [0.1, 0.15) is 16.9 Å². The maximum absolute atomic E-state index is 11.9. The predicted molar refractivity (Wildman–Crippen MR) is 70.9 cm³/mol. The highest BCUT2D eigenvalue weighted by atomic mass is 79.9. The minimum Gasteiger partial charge on any atom is -0.492 e. The lowest BCUT2D eigenvalue weighted by molar-refractivity contribution is 0.00660. The fourth-order valence-corrected chi connectivity index (χ4v) is 1.40. The van der Waals surface area contributed by atoms with Crippen molar-refractivity contribution in [2.45, 2.75) is 26.4 Å². The second-order valence-corrected chi connectivity index (χ2v) is 5.33. The first-order chi connectivity index (χ1) is 7.94. The fraction of sp³-hybridized carbons (Fsp3) is 0.462. The van der Waals surface area contributed by atoms with Gasteiger partial charge in [0.15, 0.2) is 0 Å². The Labute approximate surface area is 110 Å². The van der Waals surface area contributed by atoms with E-state index in [9.17, 15) is 4.79 Å².